The Balaban J connectivity index is 2.54. The smallest absolute Gasteiger partial charge is 0.150 e. The predicted octanol–water partition coefficient (Wildman–Crippen LogP) is 0.458. The van der Waals surface area contributed by atoms with Crippen molar-refractivity contribution in [3.8, 4) is 0 Å². The van der Waals surface area contributed by atoms with Crippen LogP contribution in [0.4, 0.5) is 0 Å². The fourth-order valence-electron chi connectivity index (χ4n) is 1.17. The molecular weight excluding hydrogens is 164 g/mol. The Morgan fingerprint density at radius 1 is 1.45 bits per heavy atom. The molecule has 0 amide bonds. The topological polar surface area (TPSA) is 43.4 Å². The summed E-state index contributed by atoms with van der Waals surface area (Å²) >= 11 is 0. The lowest BCUT2D eigenvalue weighted by Crippen LogP contribution is -2.45. The van der Waals surface area contributed by atoms with E-state index >= 15 is 0 Å². The summed E-state index contributed by atoms with van der Waals surface area (Å²) in [7, 11) is -2.82. The van der Waals surface area contributed by atoms with Crippen molar-refractivity contribution in [2.75, 3.05) is 24.7 Å². The van der Waals surface area contributed by atoms with E-state index in [2.05, 4.69) is 0 Å². The summed E-state index contributed by atoms with van der Waals surface area (Å²) in [6.07, 6.45) is 0. The maximum atomic E-state index is 11.2. The average molecular weight is 178 g/mol. The summed E-state index contributed by atoms with van der Waals surface area (Å²) < 4.78 is 27.3. The van der Waals surface area contributed by atoms with Crippen molar-refractivity contribution < 1.29 is 13.2 Å². The van der Waals surface area contributed by atoms with E-state index in [1.807, 2.05) is 6.92 Å². The molecule has 3 nitrogen and oxygen atoms in total. The number of rotatable bonds is 3. The van der Waals surface area contributed by atoms with Gasteiger partial charge in [0.25, 0.3) is 0 Å². The van der Waals surface area contributed by atoms with Crippen LogP contribution in [0.15, 0.2) is 0 Å². The standard InChI is InChI=1S/C7H14O3S/c1-3-11(8,9)6-7(2)4-10-5-7/h3-6H2,1-2H3. The highest BCUT2D eigenvalue weighted by Gasteiger charge is 2.37. The van der Waals surface area contributed by atoms with Gasteiger partial charge in [-0.1, -0.05) is 13.8 Å². The third-order valence-electron chi connectivity index (χ3n) is 1.91. The lowest BCUT2D eigenvalue weighted by Gasteiger charge is -2.37. The largest absolute Gasteiger partial charge is 0.380 e. The SMILES string of the molecule is CCS(=O)(=O)CC1(C)COC1. The number of ether oxygens (including phenoxy) is 1. The first-order valence-corrected chi connectivity index (χ1v) is 5.58. The van der Waals surface area contributed by atoms with E-state index in [4.69, 9.17) is 4.74 Å². The van der Waals surface area contributed by atoms with E-state index in [-0.39, 0.29) is 16.9 Å². The van der Waals surface area contributed by atoms with Crippen LogP contribution >= 0.6 is 0 Å². The Labute approximate surface area is 67.7 Å². The zero-order chi connectivity index (χ0) is 8.54. The average Bonchev–Trinajstić information content (AvgIpc) is 1.84. The van der Waals surface area contributed by atoms with Crippen LogP contribution in [0.2, 0.25) is 0 Å². The molecule has 0 aromatic heterocycles. The molecule has 0 atom stereocenters. The molecule has 0 radical (unpaired) electrons. The van der Waals surface area contributed by atoms with E-state index in [1.165, 1.54) is 0 Å². The second-order valence-corrected chi connectivity index (χ2v) is 5.83. The molecule has 4 heteroatoms. The molecule has 0 spiro atoms. The molecule has 1 aliphatic heterocycles. The molecule has 1 saturated heterocycles. The van der Waals surface area contributed by atoms with Crippen molar-refractivity contribution in [3.05, 3.63) is 0 Å². The van der Waals surface area contributed by atoms with Crippen LogP contribution in [-0.2, 0) is 14.6 Å². The van der Waals surface area contributed by atoms with E-state index in [0.717, 1.165) is 0 Å². The second kappa shape index (κ2) is 2.75. The normalized spacial score (nSPS) is 22.7. The highest BCUT2D eigenvalue weighted by Crippen LogP contribution is 2.28. The van der Waals surface area contributed by atoms with Crippen LogP contribution in [0.5, 0.6) is 0 Å². The molecule has 1 heterocycles. The number of sulfone groups is 1. The molecule has 1 rings (SSSR count). The Hall–Kier alpha value is -0.0900. The maximum absolute atomic E-state index is 11.2. The Morgan fingerprint density at radius 2 is 2.00 bits per heavy atom. The monoisotopic (exact) mass is 178 g/mol. The Bertz CT molecular complexity index is 226. The first-order chi connectivity index (χ1) is 4.97. The molecule has 0 aliphatic carbocycles. The molecule has 0 N–H and O–H groups in total. The Kier molecular flexibility index (Phi) is 2.25. The molecular formula is C7H14O3S. The first kappa shape index (κ1) is 9.00. The van der Waals surface area contributed by atoms with Crippen molar-refractivity contribution in [3.63, 3.8) is 0 Å². The minimum Gasteiger partial charge on any atom is -0.380 e. The van der Waals surface area contributed by atoms with Crippen LogP contribution in [0.3, 0.4) is 0 Å². The van der Waals surface area contributed by atoms with Crippen molar-refractivity contribution in [2.45, 2.75) is 13.8 Å². The van der Waals surface area contributed by atoms with Gasteiger partial charge in [-0.05, 0) is 0 Å². The highest BCUT2D eigenvalue weighted by molar-refractivity contribution is 7.91. The van der Waals surface area contributed by atoms with Crippen LogP contribution in [0.1, 0.15) is 13.8 Å². The summed E-state index contributed by atoms with van der Waals surface area (Å²) in [4.78, 5) is 0. The third-order valence-corrected chi connectivity index (χ3v) is 3.93. The minimum absolute atomic E-state index is 0.102. The van der Waals surface area contributed by atoms with Gasteiger partial charge in [0.15, 0.2) is 9.84 Å². The molecule has 1 aliphatic rings. The fraction of sp³-hybridized carbons (Fsp3) is 1.00. The molecule has 0 unspecified atom stereocenters. The van der Waals surface area contributed by atoms with Crippen molar-refractivity contribution in [1.82, 2.24) is 0 Å². The van der Waals surface area contributed by atoms with Gasteiger partial charge in [0.1, 0.15) is 0 Å². The van der Waals surface area contributed by atoms with Crippen molar-refractivity contribution >= 4 is 9.84 Å². The first-order valence-electron chi connectivity index (χ1n) is 3.76. The van der Waals surface area contributed by atoms with Gasteiger partial charge < -0.3 is 4.74 Å². The zero-order valence-electron chi connectivity index (χ0n) is 6.96. The molecule has 0 bridgehead atoms. The van der Waals surface area contributed by atoms with E-state index < -0.39 is 9.84 Å². The predicted molar refractivity (Wildman–Crippen MR) is 43.3 cm³/mol. The van der Waals surface area contributed by atoms with Gasteiger partial charge in [0.2, 0.25) is 0 Å². The highest BCUT2D eigenvalue weighted by atomic mass is 32.2. The van der Waals surface area contributed by atoms with Gasteiger partial charge in [-0.15, -0.1) is 0 Å². The maximum Gasteiger partial charge on any atom is 0.150 e. The van der Waals surface area contributed by atoms with Crippen LogP contribution < -0.4 is 0 Å². The summed E-state index contributed by atoms with van der Waals surface area (Å²) in [6.45, 7) is 4.81. The molecule has 11 heavy (non-hydrogen) atoms. The van der Waals surface area contributed by atoms with Crippen LogP contribution in [-0.4, -0.2) is 33.1 Å². The van der Waals surface area contributed by atoms with Gasteiger partial charge in [0, 0.05) is 11.2 Å². The minimum atomic E-state index is -2.82. The third kappa shape index (κ3) is 2.17. The van der Waals surface area contributed by atoms with E-state index in [1.54, 1.807) is 6.92 Å². The quantitative estimate of drug-likeness (QED) is 0.630. The van der Waals surface area contributed by atoms with Crippen LogP contribution in [0.25, 0.3) is 0 Å². The summed E-state index contributed by atoms with van der Waals surface area (Å²) in [6, 6.07) is 0. The zero-order valence-corrected chi connectivity index (χ0v) is 7.78. The second-order valence-electron chi connectivity index (χ2n) is 3.48. The summed E-state index contributed by atoms with van der Waals surface area (Å²) in [5, 5.41) is 0. The lowest BCUT2D eigenvalue weighted by molar-refractivity contribution is -0.0869. The Morgan fingerprint density at radius 3 is 2.27 bits per heavy atom. The summed E-state index contributed by atoms with van der Waals surface area (Å²) in [5.41, 5.74) is -0.102. The lowest BCUT2D eigenvalue weighted by atomic mass is 9.92. The van der Waals surface area contributed by atoms with Gasteiger partial charge in [-0.25, -0.2) is 8.42 Å². The van der Waals surface area contributed by atoms with Gasteiger partial charge >= 0.3 is 0 Å². The van der Waals surface area contributed by atoms with Crippen molar-refractivity contribution in [1.29, 1.82) is 0 Å². The number of hydrogen-bond acceptors (Lipinski definition) is 3. The molecule has 0 saturated carbocycles. The van der Waals surface area contributed by atoms with E-state index in [0.29, 0.717) is 13.2 Å². The van der Waals surface area contributed by atoms with Gasteiger partial charge in [0.05, 0.1) is 19.0 Å². The molecule has 1 fully saturated rings. The molecule has 0 aromatic rings. The fourth-order valence-corrected chi connectivity index (χ4v) is 2.60. The van der Waals surface area contributed by atoms with Gasteiger partial charge in [-0.3, -0.25) is 0 Å². The van der Waals surface area contributed by atoms with Crippen LogP contribution in [0, 0.1) is 5.41 Å². The van der Waals surface area contributed by atoms with E-state index in [9.17, 15) is 8.42 Å². The molecule has 0 aromatic carbocycles. The number of hydrogen-bond donors (Lipinski definition) is 0. The summed E-state index contributed by atoms with van der Waals surface area (Å²) in [5.74, 6) is 0.513. The molecule has 66 valence electrons. The van der Waals surface area contributed by atoms with Crippen molar-refractivity contribution in [2.24, 2.45) is 5.41 Å². The van der Waals surface area contributed by atoms with Gasteiger partial charge in [-0.2, -0.15) is 0 Å².